The molecule has 118 valence electrons. The summed E-state index contributed by atoms with van der Waals surface area (Å²) in [6.45, 7) is 3.07. The molecular weight excluding hydrogens is 306 g/mol. The van der Waals surface area contributed by atoms with Gasteiger partial charge in [-0.05, 0) is 18.8 Å². The minimum atomic E-state index is 0.606. The van der Waals surface area contributed by atoms with Gasteiger partial charge in [-0.3, -0.25) is 4.68 Å². The van der Waals surface area contributed by atoms with Crippen LogP contribution in [-0.4, -0.2) is 32.8 Å². The normalized spacial score (nSPS) is 18.3. The Morgan fingerprint density at radius 3 is 2.96 bits per heavy atom. The fourth-order valence-corrected chi connectivity index (χ4v) is 4.00. The lowest BCUT2D eigenvalue weighted by molar-refractivity contribution is 0.351. The molecule has 4 rings (SSSR count). The average molecular weight is 325 g/mol. The van der Waals surface area contributed by atoms with Crippen molar-refractivity contribution in [2.75, 3.05) is 18.0 Å². The van der Waals surface area contributed by atoms with E-state index in [1.54, 1.807) is 24.0 Å². The zero-order valence-electron chi connectivity index (χ0n) is 12.9. The van der Waals surface area contributed by atoms with E-state index in [0.29, 0.717) is 5.92 Å². The topological polar surface area (TPSA) is 46.8 Å². The highest BCUT2D eigenvalue weighted by Crippen LogP contribution is 2.30. The molecule has 1 aliphatic rings. The fourth-order valence-electron chi connectivity index (χ4n) is 3.13. The van der Waals surface area contributed by atoms with Crippen molar-refractivity contribution in [3.05, 3.63) is 48.4 Å². The summed E-state index contributed by atoms with van der Waals surface area (Å²) in [6.07, 6.45) is 5.86. The molecule has 0 amide bonds. The third kappa shape index (κ3) is 3.27. The van der Waals surface area contributed by atoms with Gasteiger partial charge in [0.25, 0.3) is 0 Å². The predicted molar refractivity (Wildman–Crippen MR) is 92.5 cm³/mol. The van der Waals surface area contributed by atoms with Gasteiger partial charge in [0.05, 0.1) is 5.69 Å². The molecule has 0 spiro atoms. The van der Waals surface area contributed by atoms with Crippen LogP contribution in [0, 0.1) is 5.92 Å². The summed E-state index contributed by atoms with van der Waals surface area (Å²) in [5.41, 5.74) is 2.26. The van der Waals surface area contributed by atoms with Crippen LogP contribution in [0.2, 0.25) is 0 Å². The van der Waals surface area contributed by atoms with Crippen LogP contribution in [0.1, 0.15) is 12.8 Å². The molecule has 0 N–H and O–H groups in total. The summed E-state index contributed by atoms with van der Waals surface area (Å²) in [7, 11) is 0. The fraction of sp³-hybridized carbons (Fsp3) is 0.353. The second-order valence-corrected chi connectivity index (χ2v) is 6.79. The first kappa shape index (κ1) is 14.4. The van der Waals surface area contributed by atoms with Crippen LogP contribution in [0.5, 0.6) is 0 Å². The van der Waals surface area contributed by atoms with E-state index in [-0.39, 0.29) is 0 Å². The van der Waals surface area contributed by atoms with Crippen LogP contribution in [0.4, 0.5) is 5.13 Å². The number of hydrogen-bond acceptors (Lipinski definition) is 5. The number of benzene rings is 1. The second-order valence-electron chi connectivity index (χ2n) is 5.95. The number of nitrogens with zero attached hydrogens (tertiary/aromatic N) is 5. The maximum absolute atomic E-state index is 4.85. The molecule has 5 nitrogen and oxygen atoms in total. The number of piperidine rings is 1. The van der Waals surface area contributed by atoms with Crippen LogP contribution >= 0.6 is 11.3 Å². The van der Waals surface area contributed by atoms with E-state index in [1.165, 1.54) is 18.4 Å². The Bertz CT molecular complexity index is 737. The highest BCUT2D eigenvalue weighted by Gasteiger charge is 2.22. The second kappa shape index (κ2) is 6.50. The van der Waals surface area contributed by atoms with E-state index < -0.39 is 0 Å². The highest BCUT2D eigenvalue weighted by atomic mass is 32.1. The number of rotatable bonds is 4. The average Bonchev–Trinajstić information content (AvgIpc) is 3.28. The summed E-state index contributed by atoms with van der Waals surface area (Å²) in [5.74, 6) is 0.606. The minimum absolute atomic E-state index is 0.606. The molecule has 3 aromatic rings. The predicted octanol–water partition coefficient (Wildman–Crippen LogP) is 3.32. The van der Waals surface area contributed by atoms with Gasteiger partial charge in [-0.25, -0.2) is 9.97 Å². The Hall–Kier alpha value is -2.21. The van der Waals surface area contributed by atoms with Gasteiger partial charge in [-0.15, -0.1) is 11.3 Å². The molecule has 0 aliphatic carbocycles. The van der Waals surface area contributed by atoms with Crippen molar-refractivity contribution < 1.29 is 0 Å². The van der Waals surface area contributed by atoms with E-state index in [1.807, 2.05) is 10.7 Å². The van der Waals surface area contributed by atoms with Crippen molar-refractivity contribution in [3.63, 3.8) is 0 Å². The van der Waals surface area contributed by atoms with E-state index in [0.717, 1.165) is 30.5 Å². The lowest BCUT2D eigenvalue weighted by Crippen LogP contribution is -2.37. The van der Waals surface area contributed by atoms with Gasteiger partial charge in [-0.2, -0.15) is 5.10 Å². The number of thiazole rings is 1. The van der Waals surface area contributed by atoms with Crippen molar-refractivity contribution in [1.82, 2.24) is 19.7 Å². The van der Waals surface area contributed by atoms with E-state index in [4.69, 9.17) is 4.98 Å². The number of aromatic nitrogens is 4. The molecule has 1 aliphatic heterocycles. The Kier molecular flexibility index (Phi) is 4.06. The molecule has 0 radical (unpaired) electrons. The third-order valence-corrected chi connectivity index (χ3v) is 5.16. The monoisotopic (exact) mass is 325 g/mol. The molecule has 1 fully saturated rings. The minimum Gasteiger partial charge on any atom is -0.348 e. The van der Waals surface area contributed by atoms with Crippen LogP contribution in [0.15, 0.2) is 48.4 Å². The van der Waals surface area contributed by atoms with E-state index in [2.05, 4.69) is 44.6 Å². The standard InChI is InChI=1S/C17H19N5S/c1-2-6-15(7-3-1)16-11-23-17(20-16)21-8-4-5-14(9-21)10-22-13-18-12-19-22/h1-3,6-7,11-14H,4-5,8-10H2. The molecule has 0 saturated carbocycles. The van der Waals surface area contributed by atoms with Crippen molar-refractivity contribution >= 4 is 16.5 Å². The Balaban J connectivity index is 1.46. The van der Waals surface area contributed by atoms with Crippen molar-refractivity contribution in [3.8, 4) is 11.3 Å². The maximum atomic E-state index is 4.85. The van der Waals surface area contributed by atoms with Crippen molar-refractivity contribution in [2.45, 2.75) is 19.4 Å². The van der Waals surface area contributed by atoms with Crippen LogP contribution < -0.4 is 4.90 Å². The van der Waals surface area contributed by atoms with E-state index >= 15 is 0 Å². The lowest BCUT2D eigenvalue weighted by atomic mass is 9.98. The molecule has 3 heterocycles. The molecule has 6 heteroatoms. The molecule has 1 aromatic carbocycles. The van der Waals surface area contributed by atoms with Gasteiger partial charge >= 0.3 is 0 Å². The van der Waals surface area contributed by atoms with Crippen molar-refractivity contribution in [2.24, 2.45) is 5.92 Å². The van der Waals surface area contributed by atoms with Gasteiger partial charge in [0.1, 0.15) is 12.7 Å². The molecule has 23 heavy (non-hydrogen) atoms. The number of anilines is 1. The molecule has 0 bridgehead atoms. The van der Waals surface area contributed by atoms with Gasteiger partial charge in [0, 0.05) is 30.6 Å². The van der Waals surface area contributed by atoms with Crippen LogP contribution in [-0.2, 0) is 6.54 Å². The largest absolute Gasteiger partial charge is 0.348 e. The zero-order chi connectivity index (χ0) is 15.5. The molecule has 1 unspecified atom stereocenters. The molecular formula is C17H19N5S. The SMILES string of the molecule is c1ccc(-c2csc(N3CCCC(Cn4cncn4)C3)n2)cc1. The summed E-state index contributed by atoms with van der Waals surface area (Å²) < 4.78 is 1.94. The summed E-state index contributed by atoms with van der Waals surface area (Å²) >= 11 is 1.74. The Labute approximate surface area is 139 Å². The van der Waals surface area contributed by atoms with E-state index in [9.17, 15) is 0 Å². The highest BCUT2D eigenvalue weighted by molar-refractivity contribution is 7.14. The van der Waals surface area contributed by atoms with Crippen LogP contribution in [0.25, 0.3) is 11.3 Å². The maximum Gasteiger partial charge on any atom is 0.185 e. The summed E-state index contributed by atoms with van der Waals surface area (Å²) in [6, 6.07) is 10.4. The van der Waals surface area contributed by atoms with Crippen LogP contribution in [0.3, 0.4) is 0 Å². The Morgan fingerprint density at radius 1 is 1.22 bits per heavy atom. The lowest BCUT2D eigenvalue weighted by Gasteiger charge is -2.32. The van der Waals surface area contributed by atoms with Gasteiger partial charge < -0.3 is 4.90 Å². The molecule has 2 aromatic heterocycles. The quantitative estimate of drug-likeness (QED) is 0.738. The van der Waals surface area contributed by atoms with Gasteiger partial charge in [0.2, 0.25) is 0 Å². The first-order valence-corrected chi connectivity index (χ1v) is 8.85. The Morgan fingerprint density at radius 2 is 2.13 bits per heavy atom. The molecule has 1 saturated heterocycles. The van der Waals surface area contributed by atoms with Gasteiger partial charge in [0.15, 0.2) is 5.13 Å². The third-order valence-electron chi connectivity index (χ3n) is 4.26. The smallest absolute Gasteiger partial charge is 0.185 e. The summed E-state index contributed by atoms with van der Waals surface area (Å²) in [4.78, 5) is 11.3. The zero-order valence-corrected chi connectivity index (χ0v) is 13.7. The van der Waals surface area contributed by atoms with Crippen molar-refractivity contribution in [1.29, 1.82) is 0 Å². The first-order chi connectivity index (χ1) is 11.4. The first-order valence-electron chi connectivity index (χ1n) is 7.97. The number of hydrogen-bond donors (Lipinski definition) is 0. The van der Waals surface area contributed by atoms with Gasteiger partial charge in [-0.1, -0.05) is 30.3 Å². The molecule has 1 atom stereocenters. The summed E-state index contributed by atoms with van der Waals surface area (Å²) in [5, 5.41) is 7.52.